The largest absolute Gasteiger partial charge is 0.350 e. The molecule has 32 heavy (non-hydrogen) atoms. The Morgan fingerprint density at radius 1 is 1.09 bits per heavy atom. The highest BCUT2D eigenvalue weighted by atomic mass is 19.1. The first-order valence-corrected chi connectivity index (χ1v) is 10.6. The number of hydrogen-bond donors (Lipinski definition) is 1. The molecule has 168 valence electrons. The molecule has 9 heteroatoms. The van der Waals surface area contributed by atoms with Gasteiger partial charge in [-0.3, -0.25) is 9.59 Å². The zero-order valence-electron chi connectivity index (χ0n) is 18.7. The van der Waals surface area contributed by atoms with Crippen molar-refractivity contribution >= 4 is 17.6 Å². The fourth-order valence-corrected chi connectivity index (χ4v) is 3.63. The van der Waals surface area contributed by atoms with Crippen molar-refractivity contribution in [2.24, 2.45) is 5.92 Å². The van der Waals surface area contributed by atoms with Gasteiger partial charge >= 0.3 is 0 Å². The Morgan fingerprint density at radius 2 is 1.72 bits per heavy atom. The third kappa shape index (κ3) is 4.85. The molecule has 0 saturated carbocycles. The van der Waals surface area contributed by atoms with Gasteiger partial charge in [-0.2, -0.15) is 10.4 Å². The lowest BCUT2D eigenvalue weighted by Crippen LogP contribution is -2.56. The fourth-order valence-electron chi connectivity index (χ4n) is 3.63. The number of halogens is 1. The summed E-state index contributed by atoms with van der Waals surface area (Å²) in [5.41, 5.74) is 2.33. The van der Waals surface area contributed by atoms with Gasteiger partial charge < -0.3 is 15.1 Å². The second kappa shape index (κ2) is 9.73. The van der Waals surface area contributed by atoms with Gasteiger partial charge in [-0.15, -0.1) is 5.10 Å². The first-order chi connectivity index (χ1) is 15.2. The Morgan fingerprint density at radius 3 is 2.28 bits per heavy atom. The number of aromatic nitrogens is 2. The third-order valence-corrected chi connectivity index (χ3v) is 5.76. The molecule has 8 nitrogen and oxygen atoms in total. The van der Waals surface area contributed by atoms with Crippen LogP contribution in [0, 0.1) is 36.9 Å². The number of benzene rings is 1. The van der Waals surface area contributed by atoms with Crippen LogP contribution in [-0.2, 0) is 4.79 Å². The van der Waals surface area contributed by atoms with E-state index in [4.69, 9.17) is 0 Å². The minimum Gasteiger partial charge on any atom is -0.350 e. The minimum absolute atomic E-state index is 0.124. The standard InChI is InChI=1S/C23H27FN6O2/c1-14(2)20(26-22(31)17-5-7-18(24)8-6-17)23(32)30-11-9-29(10-12-30)21-19(13-25)15(3)16(4)27-28-21/h5-8,14,20H,9-12H2,1-4H3,(H,26,31)/t20-/m1/s1. The minimum atomic E-state index is -0.699. The Hall–Kier alpha value is -3.54. The molecule has 0 radical (unpaired) electrons. The average Bonchev–Trinajstić information content (AvgIpc) is 2.79. The van der Waals surface area contributed by atoms with E-state index in [9.17, 15) is 19.2 Å². The molecule has 0 bridgehead atoms. The number of nitrogens with one attached hydrogen (secondary N) is 1. The lowest BCUT2D eigenvalue weighted by atomic mass is 10.0. The predicted molar refractivity (Wildman–Crippen MR) is 118 cm³/mol. The topological polar surface area (TPSA) is 102 Å². The number of piperazine rings is 1. The van der Waals surface area contributed by atoms with E-state index in [1.54, 1.807) is 4.90 Å². The summed E-state index contributed by atoms with van der Waals surface area (Å²) in [6.07, 6.45) is 0. The quantitative estimate of drug-likeness (QED) is 0.768. The molecule has 1 aliphatic heterocycles. The number of aryl methyl sites for hydroxylation is 1. The maximum absolute atomic E-state index is 13.2. The molecular weight excluding hydrogens is 411 g/mol. The van der Waals surface area contributed by atoms with Gasteiger partial charge in [-0.05, 0) is 49.6 Å². The van der Waals surface area contributed by atoms with E-state index in [2.05, 4.69) is 21.6 Å². The van der Waals surface area contributed by atoms with Crippen molar-refractivity contribution in [3.8, 4) is 6.07 Å². The fraction of sp³-hybridized carbons (Fsp3) is 0.435. The van der Waals surface area contributed by atoms with Crippen molar-refractivity contribution in [2.45, 2.75) is 33.7 Å². The molecule has 1 aromatic carbocycles. The van der Waals surface area contributed by atoms with Crippen molar-refractivity contribution in [3.05, 3.63) is 52.5 Å². The molecule has 2 amide bonds. The van der Waals surface area contributed by atoms with E-state index in [0.717, 1.165) is 11.3 Å². The summed E-state index contributed by atoms with van der Waals surface area (Å²) < 4.78 is 13.1. The van der Waals surface area contributed by atoms with E-state index in [1.165, 1.54) is 24.3 Å². The maximum Gasteiger partial charge on any atom is 0.251 e. The number of nitrogens with zero attached hydrogens (tertiary/aromatic N) is 5. The Balaban J connectivity index is 1.68. The van der Waals surface area contributed by atoms with Crippen LogP contribution >= 0.6 is 0 Å². The molecule has 2 heterocycles. The van der Waals surface area contributed by atoms with E-state index in [1.807, 2.05) is 32.6 Å². The van der Waals surface area contributed by atoms with Gasteiger partial charge in [0.05, 0.1) is 5.69 Å². The molecule has 1 saturated heterocycles. The number of amides is 2. The van der Waals surface area contributed by atoms with Gasteiger partial charge in [0.1, 0.15) is 23.5 Å². The first-order valence-electron chi connectivity index (χ1n) is 10.6. The summed E-state index contributed by atoms with van der Waals surface area (Å²) in [6, 6.07) is 6.73. The second-order valence-electron chi connectivity index (χ2n) is 8.24. The summed E-state index contributed by atoms with van der Waals surface area (Å²) in [6.45, 7) is 9.30. The summed E-state index contributed by atoms with van der Waals surface area (Å²) in [5.74, 6) is -0.598. The van der Waals surface area contributed by atoms with Crippen LogP contribution in [-0.4, -0.2) is 59.1 Å². The van der Waals surface area contributed by atoms with Crippen LogP contribution in [0.5, 0.6) is 0 Å². The number of carbonyl (C=O) groups excluding carboxylic acids is 2. The molecular formula is C23H27FN6O2. The monoisotopic (exact) mass is 438 g/mol. The number of carbonyl (C=O) groups is 2. The summed E-state index contributed by atoms with van der Waals surface area (Å²) in [7, 11) is 0. The van der Waals surface area contributed by atoms with Gasteiger partial charge in [-0.25, -0.2) is 4.39 Å². The molecule has 3 rings (SSSR count). The molecule has 2 aromatic rings. The van der Waals surface area contributed by atoms with E-state index in [0.29, 0.717) is 43.1 Å². The molecule has 1 N–H and O–H groups in total. The van der Waals surface area contributed by atoms with E-state index in [-0.39, 0.29) is 11.8 Å². The van der Waals surface area contributed by atoms with Crippen molar-refractivity contribution in [1.29, 1.82) is 5.26 Å². The summed E-state index contributed by atoms with van der Waals surface area (Å²) in [4.78, 5) is 29.4. The highest BCUT2D eigenvalue weighted by Gasteiger charge is 2.32. The summed E-state index contributed by atoms with van der Waals surface area (Å²) >= 11 is 0. The molecule has 1 fully saturated rings. The SMILES string of the molecule is Cc1nnc(N2CCN(C(=O)[C@H](NC(=O)c3ccc(F)cc3)C(C)C)CC2)c(C#N)c1C. The lowest BCUT2D eigenvalue weighted by molar-refractivity contribution is -0.134. The lowest BCUT2D eigenvalue weighted by Gasteiger charge is -2.38. The van der Waals surface area contributed by atoms with Crippen molar-refractivity contribution in [2.75, 3.05) is 31.1 Å². The first kappa shape index (κ1) is 23.1. The molecule has 1 atom stereocenters. The number of anilines is 1. The maximum atomic E-state index is 13.2. The van der Waals surface area contributed by atoms with Crippen LogP contribution in [0.1, 0.15) is 41.0 Å². The Labute approximate surface area is 187 Å². The van der Waals surface area contributed by atoms with Crippen molar-refractivity contribution in [3.63, 3.8) is 0 Å². The van der Waals surface area contributed by atoms with Crippen LogP contribution in [0.2, 0.25) is 0 Å². The normalized spacial score (nSPS) is 14.8. The van der Waals surface area contributed by atoms with Gasteiger partial charge in [0, 0.05) is 31.7 Å². The van der Waals surface area contributed by atoms with Crippen molar-refractivity contribution in [1.82, 2.24) is 20.4 Å². The number of nitriles is 1. The van der Waals surface area contributed by atoms with E-state index >= 15 is 0 Å². The molecule has 1 aromatic heterocycles. The molecule has 0 spiro atoms. The Bertz CT molecular complexity index is 1040. The zero-order chi connectivity index (χ0) is 23.4. The number of rotatable bonds is 5. The predicted octanol–water partition coefficient (Wildman–Crippen LogP) is 2.21. The van der Waals surface area contributed by atoms with Gasteiger partial charge in [0.2, 0.25) is 5.91 Å². The highest BCUT2D eigenvalue weighted by molar-refractivity contribution is 5.97. The molecule has 0 unspecified atom stereocenters. The van der Waals surface area contributed by atoms with E-state index < -0.39 is 17.8 Å². The third-order valence-electron chi connectivity index (χ3n) is 5.76. The molecule has 0 aliphatic carbocycles. The second-order valence-corrected chi connectivity index (χ2v) is 8.24. The van der Waals surface area contributed by atoms with Crippen molar-refractivity contribution < 1.29 is 14.0 Å². The highest BCUT2D eigenvalue weighted by Crippen LogP contribution is 2.23. The van der Waals surface area contributed by atoms with Crippen LogP contribution in [0.3, 0.4) is 0 Å². The van der Waals surface area contributed by atoms with Crippen LogP contribution in [0.25, 0.3) is 0 Å². The summed E-state index contributed by atoms with van der Waals surface area (Å²) in [5, 5.41) is 20.7. The van der Waals surface area contributed by atoms with Gasteiger partial charge in [0.25, 0.3) is 5.91 Å². The average molecular weight is 439 g/mol. The van der Waals surface area contributed by atoms with Crippen LogP contribution in [0.15, 0.2) is 24.3 Å². The number of hydrogen-bond acceptors (Lipinski definition) is 6. The zero-order valence-corrected chi connectivity index (χ0v) is 18.7. The molecule has 1 aliphatic rings. The smallest absolute Gasteiger partial charge is 0.251 e. The van der Waals surface area contributed by atoms with Gasteiger partial charge in [-0.1, -0.05) is 13.8 Å². The van der Waals surface area contributed by atoms with Crippen LogP contribution in [0.4, 0.5) is 10.2 Å². The Kier molecular flexibility index (Phi) is 7.03. The van der Waals surface area contributed by atoms with Crippen LogP contribution < -0.4 is 10.2 Å². The van der Waals surface area contributed by atoms with Gasteiger partial charge in [0.15, 0.2) is 5.82 Å².